The molecule has 0 saturated heterocycles. The molecule has 3 heteroatoms. The van der Waals surface area contributed by atoms with Crippen LogP contribution in [-0.2, 0) is 0 Å². The molecule has 0 heterocycles. The summed E-state index contributed by atoms with van der Waals surface area (Å²) in [6.45, 7) is 3.22. The molecule has 1 N–H and O–H groups in total. The van der Waals surface area contributed by atoms with Gasteiger partial charge in [0.25, 0.3) is 0 Å². The normalized spacial score (nSPS) is 29.9. The molecule has 0 amide bonds. The van der Waals surface area contributed by atoms with Crippen molar-refractivity contribution in [1.82, 2.24) is 5.32 Å². The second-order valence-corrected chi connectivity index (χ2v) is 6.61. The molecular formula is C16H22BrNO. The molecule has 2 aliphatic carbocycles. The van der Waals surface area contributed by atoms with E-state index >= 15 is 0 Å². The number of benzene rings is 1. The van der Waals surface area contributed by atoms with Crippen molar-refractivity contribution in [2.75, 3.05) is 13.7 Å². The summed E-state index contributed by atoms with van der Waals surface area (Å²) in [5.41, 5.74) is 1.39. The van der Waals surface area contributed by atoms with Gasteiger partial charge in [-0.3, -0.25) is 0 Å². The van der Waals surface area contributed by atoms with Crippen molar-refractivity contribution in [2.24, 2.45) is 17.8 Å². The zero-order valence-corrected chi connectivity index (χ0v) is 13.2. The predicted molar refractivity (Wildman–Crippen MR) is 81.4 cm³/mol. The van der Waals surface area contributed by atoms with Crippen molar-refractivity contribution in [2.45, 2.75) is 32.2 Å². The van der Waals surface area contributed by atoms with E-state index in [1.807, 2.05) is 0 Å². The van der Waals surface area contributed by atoms with E-state index in [4.69, 9.17) is 4.74 Å². The summed E-state index contributed by atoms with van der Waals surface area (Å²) in [4.78, 5) is 0. The third kappa shape index (κ3) is 2.43. The average molecular weight is 324 g/mol. The Labute approximate surface area is 124 Å². The molecule has 0 spiro atoms. The molecule has 3 rings (SSSR count). The summed E-state index contributed by atoms with van der Waals surface area (Å²) in [6, 6.07) is 6.87. The Balaban J connectivity index is 1.84. The minimum atomic E-state index is 0.501. The fraction of sp³-hybridized carbons (Fsp3) is 0.625. The van der Waals surface area contributed by atoms with E-state index in [-0.39, 0.29) is 0 Å². The average Bonchev–Trinajstić information content (AvgIpc) is 2.88. The molecule has 0 radical (unpaired) electrons. The van der Waals surface area contributed by atoms with E-state index < -0.39 is 0 Å². The Morgan fingerprint density at radius 3 is 2.68 bits per heavy atom. The van der Waals surface area contributed by atoms with E-state index in [1.165, 1.54) is 29.3 Å². The summed E-state index contributed by atoms with van der Waals surface area (Å²) in [5.74, 6) is 3.70. The van der Waals surface area contributed by atoms with Crippen molar-refractivity contribution < 1.29 is 4.74 Å². The van der Waals surface area contributed by atoms with Crippen LogP contribution in [0.15, 0.2) is 22.7 Å². The number of methoxy groups -OCH3 is 1. The molecule has 2 fully saturated rings. The van der Waals surface area contributed by atoms with E-state index in [1.54, 1.807) is 7.11 Å². The molecule has 3 atom stereocenters. The summed E-state index contributed by atoms with van der Waals surface area (Å²) in [5, 5.41) is 3.70. The van der Waals surface area contributed by atoms with Gasteiger partial charge in [0.1, 0.15) is 5.75 Å². The molecule has 2 aliphatic rings. The minimum Gasteiger partial charge on any atom is -0.497 e. The first-order valence-electron chi connectivity index (χ1n) is 7.33. The maximum Gasteiger partial charge on any atom is 0.120 e. The van der Waals surface area contributed by atoms with Gasteiger partial charge in [-0.15, -0.1) is 0 Å². The van der Waals surface area contributed by atoms with Crippen LogP contribution >= 0.6 is 15.9 Å². The van der Waals surface area contributed by atoms with E-state index in [9.17, 15) is 0 Å². The van der Waals surface area contributed by atoms with Crippen LogP contribution in [0.4, 0.5) is 0 Å². The monoisotopic (exact) mass is 323 g/mol. The third-order valence-electron chi connectivity index (χ3n) is 4.82. The lowest BCUT2D eigenvalue weighted by atomic mass is 9.96. The Kier molecular flexibility index (Phi) is 3.86. The second kappa shape index (κ2) is 5.45. The highest BCUT2D eigenvalue weighted by Gasteiger charge is 2.56. The molecule has 2 nitrogen and oxygen atoms in total. The number of hydrogen-bond acceptors (Lipinski definition) is 2. The SMILES string of the molecule is CCNC(c1ccc(OC)cc1Br)C1C2CCCC21. The third-order valence-corrected chi connectivity index (χ3v) is 5.51. The van der Waals surface area contributed by atoms with Crippen molar-refractivity contribution in [3.63, 3.8) is 0 Å². The zero-order valence-electron chi connectivity index (χ0n) is 11.7. The number of nitrogens with one attached hydrogen (secondary N) is 1. The van der Waals surface area contributed by atoms with Gasteiger partial charge in [-0.05, 0) is 54.8 Å². The van der Waals surface area contributed by atoms with Gasteiger partial charge in [0.2, 0.25) is 0 Å². The number of ether oxygens (including phenoxy) is 1. The van der Waals surface area contributed by atoms with Crippen molar-refractivity contribution >= 4 is 15.9 Å². The fourth-order valence-electron chi connectivity index (χ4n) is 3.93. The van der Waals surface area contributed by atoms with Crippen LogP contribution in [0.1, 0.15) is 37.8 Å². The molecule has 1 aromatic rings. The highest BCUT2D eigenvalue weighted by atomic mass is 79.9. The number of rotatable bonds is 5. The molecule has 0 aromatic heterocycles. The topological polar surface area (TPSA) is 21.3 Å². The standard InChI is InChI=1S/C16H22BrNO/c1-3-18-16(15-11-5-4-6-12(11)15)13-8-7-10(19-2)9-14(13)17/h7-9,11-12,15-16,18H,3-6H2,1-2H3. The maximum atomic E-state index is 5.29. The van der Waals surface area contributed by atoms with Gasteiger partial charge in [0, 0.05) is 10.5 Å². The Bertz CT molecular complexity index is 452. The van der Waals surface area contributed by atoms with Crippen molar-refractivity contribution in [3.8, 4) is 5.75 Å². The lowest BCUT2D eigenvalue weighted by Crippen LogP contribution is -2.24. The number of hydrogen-bond donors (Lipinski definition) is 1. The highest BCUT2D eigenvalue weighted by molar-refractivity contribution is 9.10. The van der Waals surface area contributed by atoms with Crippen LogP contribution < -0.4 is 10.1 Å². The first-order valence-corrected chi connectivity index (χ1v) is 8.12. The molecule has 19 heavy (non-hydrogen) atoms. The van der Waals surface area contributed by atoms with E-state index in [0.29, 0.717) is 6.04 Å². The molecule has 3 unspecified atom stereocenters. The Hall–Kier alpha value is -0.540. The van der Waals surface area contributed by atoms with Crippen LogP contribution in [0, 0.1) is 17.8 Å². The fourth-order valence-corrected chi connectivity index (χ4v) is 4.54. The summed E-state index contributed by atoms with van der Waals surface area (Å²) in [7, 11) is 1.72. The lowest BCUT2D eigenvalue weighted by molar-refractivity contribution is 0.410. The smallest absolute Gasteiger partial charge is 0.120 e. The number of halogens is 1. The Morgan fingerprint density at radius 1 is 1.37 bits per heavy atom. The van der Waals surface area contributed by atoms with Crippen LogP contribution in [0.5, 0.6) is 5.75 Å². The van der Waals surface area contributed by atoms with Gasteiger partial charge < -0.3 is 10.1 Å². The quantitative estimate of drug-likeness (QED) is 0.878. The summed E-state index contributed by atoms with van der Waals surface area (Å²) < 4.78 is 6.46. The van der Waals surface area contributed by atoms with Crippen LogP contribution in [0.2, 0.25) is 0 Å². The van der Waals surface area contributed by atoms with Crippen molar-refractivity contribution in [3.05, 3.63) is 28.2 Å². The van der Waals surface area contributed by atoms with Gasteiger partial charge in [-0.2, -0.15) is 0 Å². The van der Waals surface area contributed by atoms with Gasteiger partial charge >= 0.3 is 0 Å². The predicted octanol–water partition coefficient (Wildman–Crippen LogP) is 4.15. The molecule has 1 aromatic carbocycles. The minimum absolute atomic E-state index is 0.501. The van der Waals surface area contributed by atoms with E-state index in [2.05, 4.69) is 46.4 Å². The van der Waals surface area contributed by atoms with Gasteiger partial charge in [0.15, 0.2) is 0 Å². The van der Waals surface area contributed by atoms with Crippen LogP contribution in [0.3, 0.4) is 0 Å². The zero-order chi connectivity index (χ0) is 13.4. The largest absolute Gasteiger partial charge is 0.497 e. The summed E-state index contributed by atoms with van der Waals surface area (Å²) in [6.07, 6.45) is 4.31. The molecule has 104 valence electrons. The molecule has 0 aliphatic heterocycles. The van der Waals surface area contributed by atoms with Gasteiger partial charge in [-0.1, -0.05) is 35.3 Å². The van der Waals surface area contributed by atoms with E-state index in [0.717, 1.165) is 30.0 Å². The highest BCUT2D eigenvalue weighted by Crippen LogP contribution is 2.62. The van der Waals surface area contributed by atoms with Crippen molar-refractivity contribution in [1.29, 1.82) is 0 Å². The molecule has 0 bridgehead atoms. The van der Waals surface area contributed by atoms with Crippen LogP contribution in [-0.4, -0.2) is 13.7 Å². The first-order chi connectivity index (χ1) is 9.26. The lowest BCUT2D eigenvalue weighted by Gasteiger charge is -2.22. The molecular weight excluding hydrogens is 302 g/mol. The van der Waals surface area contributed by atoms with Gasteiger partial charge in [-0.25, -0.2) is 0 Å². The van der Waals surface area contributed by atoms with Crippen LogP contribution in [0.25, 0.3) is 0 Å². The number of fused-ring (bicyclic) bond motifs is 1. The second-order valence-electron chi connectivity index (χ2n) is 5.76. The Morgan fingerprint density at radius 2 is 2.11 bits per heavy atom. The first kappa shape index (κ1) is 13.4. The molecule has 2 saturated carbocycles. The maximum absolute atomic E-state index is 5.29. The summed E-state index contributed by atoms with van der Waals surface area (Å²) >= 11 is 3.71. The van der Waals surface area contributed by atoms with Gasteiger partial charge in [0.05, 0.1) is 7.11 Å².